The van der Waals surface area contributed by atoms with Gasteiger partial charge in [0.2, 0.25) is 11.4 Å². The van der Waals surface area contributed by atoms with Gasteiger partial charge in [-0.25, -0.2) is 4.79 Å². The van der Waals surface area contributed by atoms with E-state index in [1.165, 1.54) is 0 Å². The predicted molar refractivity (Wildman–Crippen MR) is 70.6 cm³/mol. The maximum Gasteiger partial charge on any atom is 0.339 e. The monoisotopic (exact) mass is 275 g/mol. The minimum absolute atomic E-state index is 0.240. The van der Waals surface area contributed by atoms with Gasteiger partial charge in [-0.2, -0.15) is 0 Å². The summed E-state index contributed by atoms with van der Waals surface area (Å²) in [4.78, 5) is 24.2. The molecule has 0 aromatic heterocycles. The molecular formula is C15H17NO4. The maximum absolute atomic E-state index is 12.1. The summed E-state index contributed by atoms with van der Waals surface area (Å²) < 4.78 is 5.29. The zero-order chi connectivity index (χ0) is 14.5. The fourth-order valence-corrected chi connectivity index (χ4v) is 3.47. The molecule has 1 amide bonds. The van der Waals surface area contributed by atoms with Gasteiger partial charge in [-0.05, 0) is 18.9 Å². The molecule has 0 saturated carbocycles. The van der Waals surface area contributed by atoms with Crippen LogP contribution in [-0.2, 0) is 14.3 Å². The molecule has 3 rings (SSSR count). The first-order valence-corrected chi connectivity index (χ1v) is 6.76. The minimum atomic E-state index is -1.37. The predicted octanol–water partition coefficient (Wildman–Crippen LogP) is 0.930. The first-order valence-electron chi connectivity index (χ1n) is 6.76. The highest BCUT2D eigenvalue weighted by atomic mass is 16.6. The summed E-state index contributed by atoms with van der Waals surface area (Å²) in [5, 5.41) is 13.3. The van der Waals surface area contributed by atoms with Gasteiger partial charge >= 0.3 is 5.97 Å². The Morgan fingerprint density at radius 3 is 2.55 bits per heavy atom. The van der Waals surface area contributed by atoms with E-state index in [9.17, 15) is 14.7 Å². The standard InChI is InChI=1S/C15H17NO4/c1-3-10-12(18)16-15(13(19)20-14(10,15)2)11(17)9-7-5-4-6-8-9/h4-8,10-11,17H,3H2,1-2H3,(H,16,18)/t10-,11?,14-,15-/m0/s1. The zero-order valence-electron chi connectivity index (χ0n) is 11.4. The van der Waals surface area contributed by atoms with Crippen LogP contribution < -0.4 is 5.32 Å². The van der Waals surface area contributed by atoms with E-state index >= 15 is 0 Å². The summed E-state index contributed by atoms with van der Waals surface area (Å²) >= 11 is 0. The van der Waals surface area contributed by atoms with Gasteiger partial charge in [-0.1, -0.05) is 37.3 Å². The third kappa shape index (κ3) is 1.31. The number of benzene rings is 1. The van der Waals surface area contributed by atoms with Crippen molar-refractivity contribution >= 4 is 11.9 Å². The average Bonchev–Trinajstić information content (AvgIpc) is 2.62. The van der Waals surface area contributed by atoms with Gasteiger partial charge in [-0.3, -0.25) is 4.79 Å². The van der Waals surface area contributed by atoms with Crippen LogP contribution in [0.1, 0.15) is 31.9 Å². The molecule has 2 aliphatic heterocycles. The molecule has 20 heavy (non-hydrogen) atoms. The number of esters is 1. The highest BCUT2D eigenvalue weighted by Crippen LogP contribution is 2.54. The lowest BCUT2D eigenvalue weighted by atomic mass is 9.67. The second-order valence-corrected chi connectivity index (χ2v) is 5.57. The number of aliphatic hydroxyl groups excluding tert-OH is 1. The van der Waals surface area contributed by atoms with Crippen LogP contribution in [0.4, 0.5) is 0 Å². The molecule has 0 aliphatic carbocycles. The molecular weight excluding hydrogens is 258 g/mol. The molecule has 1 aromatic carbocycles. The normalized spacial score (nSPS) is 36.6. The molecule has 2 saturated heterocycles. The highest BCUT2D eigenvalue weighted by Gasteiger charge is 2.78. The van der Waals surface area contributed by atoms with E-state index in [1.807, 2.05) is 13.0 Å². The van der Waals surface area contributed by atoms with Crippen LogP contribution in [0.5, 0.6) is 0 Å². The van der Waals surface area contributed by atoms with Gasteiger partial charge in [-0.15, -0.1) is 0 Å². The second-order valence-electron chi connectivity index (χ2n) is 5.57. The Balaban J connectivity index is 2.06. The number of aliphatic hydroxyl groups is 1. The third-order valence-electron chi connectivity index (χ3n) is 4.65. The van der Waals surface area contributed by atoms with Crippen LogP contribution in [0.2, 0.25) is 0 Å². The maximum atomic E-state index is 12.1. The van der Waals surface area contributed by atoms with E-state index in [0.717, 1.165) is 0 Å². The zero-order valence-corrected chi connectivity index (χ0v) is 11.4. The number of rotatable bonds is 3. The first-order chi connectivity index (χ1) is 9.47. The Kier molecular flexibility index (Phi) is 2.66. The number of carbonyl (C=O) groups is 2. The summed E-state index contributed by atoms with van der Waals surface area (Å²) in [6.45, 7) is 3.58. The molecule has 0 bridgehead atoms. The van der Waals surface area contributed by atoms with Gasteiger partial charge in [0.05, 0.1) is 5.92 Å². The first kappa shape index (κ1) is 13.1. The molecule has 2 fully saturated rings. The quantitative estimate of drug-likeness (QED) is 0.805. The fourth-order valence-electron chi connectivity index (χ4n) is 3.47. The van der Waals surface area contributed by atoms with E-state index in [-0.39, 0.29) is 5.91 Å². The van der Waals surface area contributed by atoms with Crippen LogP contribution in [0, 0.1) is 5.92 Å². The fraction of sp³-hybridized carbons (Fsp3) is 0.467. The minimum Gasteiger partial charge on any atom is -0.453 e. The number of hydrogen-bond donors (Lipinski definition) is 2. The van der Waals surface area contributed by atoms with E-state index < -0.39 is 29.1 Å². The number of ether oxygens (including phenoxy) is 1. The number of carbonyl (C=O) groups excluding carboxylic acids is 2. The van der Waals surface area contributed by atoms with Crippen LogP contribution in [0.3, 0.4) is 0 Å². The SMILES string of the molecule is CC[C@H]1C(=O)N[C@@]2(C(O)c3ccccc3)C(=O)O[C@@]12C. The number of fused-ring (bicyclic) bond motifs is 1. The molecule has 1 unspecified atom stereocenters. The van der Waals surface area contributed by atoms with Crippen molar-refractivity contribution < 1.29 is 19.4 Å². The molecule has 2 heterocycles. The summed E-state index contributed by atoms with van der Waals surface area (Å²) in [6.07, 6.45) is -0.561. The molecule has 0 spiro atoms. The Morgan fingerprint density at radius 2 is 2.00 bits per heavy atom. The van der Waals surface area contributed by atoms with Crippen molar-refractivity contribution in [2.75, 3.05) is 0 Å². The Labute approximate surface area is 116 Å². The summed E-state index contributed by atoms with van der Waals surface area (Å²) in [5.74, 6) is -1.24. The van der Waals surface area contributed by atoms with Crippen molar-refractivity contribution in [1.29, 1.82) is 0 Å². The second kappa shape index (κ2) is 4.06. The van der Waals surface area contributed by atoms with Crippen molar-refractivity contribution in [1.82, 2.24) is 5.32 Å². The van der Waals surface area contributed by atoms with Crippen LogP contribution in [0.25, 0.3) is 0 Å². The van der Waals surface area contributed by atoms with E-state index in [1.54, 1.807) is 31.2 Å². The van der Waals surface area contributed by atoms with Crippen molar-refractivity contribution in [3.63, 3.8) is 0 Å². The Hall–Kier alpha value is -1.88. The smallest absolute Gasteiger partial charge is 0.339 e. The van der Waals surface area contributed by atoms with Crippen LogP contribution >= 0.6 is 0 Å². The lowest BCUT2D eigenvalue weighted by Gasteiger charge is -2.53. The van der Waals surface area contributed by atoms with Gasteiger partial charge in [0.15, 0.2) is 5.60 Å². The van der Waals surface area contributed by atoms with Gasteiger partial charge in [0, 0.05) is 0 Å². The molecule has 2 aliphatic rings. The van der Waals surface area contributed by atoms with Crippen molar-refractivity contribution in [3.05, 3.63) is 35.9 Å². The molecule has 2 N–H and O–H groups in total. The van der Waals surface area contributed by atoms with Crippen molar-refractivity contribution in [3.8, 4) is 0 Å². The van der Waals surface area contributed by atoms with E-state index in [2.05, 4.69) is 5.32 Å². The van der Waals surface area contributed by atoms with Gasteiger partial charge < -0.3 is 15.2 Å². The summed E-state index contributed by atoms with van der Waals surface area (Å²) in [5.41, 5.74) is -1.77. The number of amides is 1. The van der Waals surface area contributed by atoms with Crippen LogP contribution in [-0.4, -0.2) is 28.1 Å². The largest absolute Gasteiger partial charge is 0.453 e. The summed E-state index contributed by atoms with van der Waals surface area (Å²) in [7, 11) is 0. The van der Waals surface area contributed by atoms with Crippen molar-refractivity contribution in [2.45, 2.75) is 37.5 Å². The third-order valence-corrected chi connectivity index (χ3v) is 4.65. The molecule has 5 nitrogen and oxygen atoms in total. The molecule has 0 radical (unpaired) electrons. The van der Waals surface area contributed by atoms with E-state index in [4.69, 9.17) is 4.74 Å². The molecule has 106 valence electrons. The summed E-state index contributed by atoms with van der Waals surface area (Å²) in [6, 6.07) is 8.86. The Morgan fingerprint density at radius 1 is 1.35 bits per heavy atom. The molecule has 5 heteroatoms. The molecule has 4 atom stereocenters. The van der Waals surface area contributed by atoms with E-state index in [0.29, 0.717) is 12.0 Å². The molecule has 1 aromatic rings. The van der Waals surface area contributed by atoms with Gasteiger partial charge in [0.1, 0.15) is 6.10 Å². The van der Waals surface area contributed by atoms with Gasteiger partial charge in [0.25, 0.3) is 0 Å². The lowest BCUT2D eigenvalue weighted by molar-refractivity contribution is -0.236. The topological polar surface area (TPSA) is 75.6 Å². The average molecular weight is 275 g/mol. The number of hydrogen-bond acceptors (Lipinski definition) is 4. The lowest BCUT2D eigenvalue weighted by Crippen LogP contribution is -2.76. The van der Waals surface area contributed by atoms with Crippen molar-refractivity contribution in [2.24, 2.45) is 5.92 Å². The number of nitrogens with one attached hydrogen (secondary N) is 1. The van der Waals surface area contributed by atoms with Crippen LogP contribution in [0.15, 0.2) is 30.3 Å². The highest BCUT2D eigenvalue weighted by molar-refractivity contribution is 6.01. The Bertz CT molecular complexity index is 572.